The van der Waals surface area contributed by atoms with Crippen LogP contribution in [0.3, 0.4) is 0 Å². The predicted molar refractivity (Wildman–Crippen MR) is 117 cm³/mol. The van der Waals surface area contributed by atoms with Gasteiger partial charge in [0.25, 0.3) is 0 Å². The second-order valence-electron chi connectivity index (χ2n) is 10.4. The maximum Gasteiger partial charge on any atom is 0.233 e. The summed E-state index contributed by atoms with van der Waals surface area (Å²) in [6, 6.07) is 7.78. The van der Waals surface area contributed by atoms with Crippen molar-refractivity contribution in [2.75, 3.05) is 32.7 Å². The van der Waals surface area contributed by atoms with Crippen molar-refractivity contribution in [2.24, 2.45) is 17.8 Å². The van der Waals surface area contributed by atoms with Crippen LogP contribution in [0.2, 0.25) is 5.02 Å². The summed E-state index contributed by atoms with van der Waals surface area (Å²) in [5.74, 6) is 1.58. The molecule has 0 aromatic heterocycles. The zero-order chi connectivity index (χ0) is 21.1. The summed E-state index contributed by atoms with van der Waals surface area (Å²) in [5.41, 5.74) is 0.546. The molecular weight excluding hydrogens is 398 g/mol. The number of likely N-dealkylation sites (tertiary alicyclic amines) is 2. The number of rotatable bonds is 4. The number of carbonyl (C=O) groups excluding carboxylic acids is 2. The van der Waals surface area contributed by atoms with E-state index in [9.17, 15) is 9.59 Å². The number of benzene rings is 1. The molecule has 2 atom stereocenters. The molecule has 5 rings (SSSR count). The highest BCUT2D eigenvalue weighted by atomic mass is 35.5. The maximum absolute atomic E-state index is 13.5. The fourth-order valence-electron chi connectivity index (χ4n) is 6.25. The van der Waals surface area contributed by atoms with Crippen LogP contribution in [0, 0.1) is 17.8 Å². The summed E-state index contributed by atoms with van der Waals surface area (Å²) in [6.45, 7) is 8.88. The highest BCUT2D eigenvalue weighted by Crippen LogP contribution is 2.51. The van der Waals surface area contributed by atoms with Gasteiger partial charge in [0.15, 0.2) is 0 Å². The van der Waals surface area contributed by atoms with Gasteiger partial charge in [0.05, 0.1) is 11.3 Å². The van der Waals surface area contributed by atoms with E-state index in [1.165, 1.54) is 0 Å². The van der Waals surface area contributed by atoms with Crippen LogP contribution in [0.15, 0.2) is 24.3 Å². The van der Waals surface area contributed by atoms with Crippen LogP contribution < -0.4 is 5.32 Å². The smallest absolute Gasteiger partial charge is 0.233 e. The second-order valence-corrected chi connectivity index (χ2v) is 10.8. The molecular formula is C24H32ClN3O2. The third-order valence-electron chi connectivity index (χ3n) is 7.92. The van der Waals surface area contributed by atoms with Crippen molar-refractivity contribution >= 4 is 23.4 Å². The minimum absolute atomic E-state index is 0.118. The lowest BCUT2D eigenvalue weighted by Gasteiger charge is -2.43. The maximum atomic E-state index is 13.5. The Balaban J connectivity index is 1.27. The van der Waals surface area contributed by atoms with E-state index in [1.807, 2.05) is 29.2 Å². The van der Waals surface area contributed by atoms with Gasteiger partial charge in [0.2, 0.25) is 11.8 Å². The van der Waals surface area contributed by atoms with Crippen LogP contribution in [0.1, 0.15) is 45.1 Å². The predicted octanol–water partition coefficient (Wildman–Crippen LogP) is 3.07. The molecule has 3 saturated heterocycles. The Kier molecular flexibility index (Phi) is 4.90. The molecule has 3 aliphatic heterocycles. The fraction of sp³-hybridized carbons (Fsp3) is 0.667. The molecule has 6 heteroatoms. The third kappa shape index (κ3) is 3.25. The van der Waals surface area contributed by atoms with E-state index in [4.69, 9.17) is 11.6 Å². The van der Waals surface area contributed by atoms with E-state index >= 15 is 0 Å². The first kappa shape index (κ1) is 20.3. The van der Waals surface area contributed by atoms with Gasteiger partial charge in [-0.1, -0.05) is 37.6 Å². The van der Waals surface area contributed by atoms with Gasteiger partial charge >= 0.3 is 0 Å². The summed E-state index contributed by atoms with van der Waals surface area (Å²) in [7, 11) is 0. The Morgan fingerprint density at radius 3 is 2.57 bits per heavy atom. The van der Waals surface area contributed by atoms with Gasteiger partial charge in [-0.05, 0) is 49.3 Å². The van der Waals surface area contributed by atoms with Crippen molar-refractivity contribution in [1.82, 2.24) is 15.1 Å². The SMILES string of the molecule is CC(C)CN1C[C@H]2C(=O)NC3(CCN(C(=O)C4(c5cccc(Cl)c5)CC4)CC3)[C@H]2C1. The number of amides is 2. The Bertz CT molecular complexity index is 858. The van der Waals surface area contributed by atoms with Crippen LogP contribution in [0.4, 0.5) is 0 Å². The molecule has 1 aromatic carbocycles. The number of carbonyl (C=O) groups is 2. The molecule has 4 fully saturated rings. The molecule has 3 heterocycles. The van der Waals surface area contributed by atoms with E-state index in [0.717, 1.165) is 64.0 Å². The number of hydrogen-bond acceptors (Lipinski definition) is 3. The van der Waals surface area contributed by atoms with Gasteiger partial charge in [-0.2, -0.15) is 0 Å². The van der Waals surface area contributed by atoms with E-state index in [-0.39, 0.29) is 28.7 Å². The van der Waals surface area contributed by atoms with Gasteiger partial charge in [-0.25, -0.2) is 0 Å². The summed E-state index contributed by atoms with van der Waals surface area (Å²) in [5, 5.41) is 4.07. The normalized spacial score (nSPS) is 29.3. The lowest BCUT2D eigenvalue weighted by molar-refractivity contribution is -0.136. The standard InChI is InChI=1S/C24H32ClN3O2/c1-16(2)13-27-14-19-20(15-27)24(26-21(19)29)8-10-28(11-9-24)22(30)23(6-7-23)17-4-3-5-18(25)12-17/h3-5,12,16,19-20H,6-11,13-15H2,1-2H3,(H,26,29)/t19-,20+/m1/s1. The molecule has 0 unspecified atom stereocenters. The van der Waals surface area contributed by atoms with Crippen LogP contribution in [-0.2, 0) is 15.0 Å². The largest absolute Gasteiger partial charge is 0.350 e. The quantitative estimate of drug-likeness (QED) is 0.800. The van der Waals surface area contributed by atoms with Crippen LogP contribution >= 0.6 is 11.6 Å². The number of halogens is 1. The lowest BCUT2D eigenvalue weighted by atomic mass is 9.75. The molecule has 1 aliphatic carbocycles. The van der Waals surface area contributed by atoms with Crippen LogP contribution in [0.5, 0.6) is 0 Å². The second kappa shape index (κ2) is 7.23. The first-order valence-corrected chi connectivity index (χ1v) is 11.8. The highest BCUT2D eigenvalue weighted by molar-refractivity contribution is 6.30. The van der Waals surface area contributed by atoms with Gasteiger partial charge in [0, 0.05) is 49.2 Å². The number of piperidine rings is 1. The number of nitrogens with one attached hydrogen (secondary N) is 1. The molecule has 1 spiro atoms. The molecule has 5 nitrogen and oxygen atoms in total. The Morgan fingerprint density at radius 1 is 1.20 bits per heavy atom. The van der Waals surface area contributed by atoms with Crippen molar-refractivity contribution in [3.05, 3.63) is 34.9 Å². The molecule has 1 N–H and O–H groups in total. The van der Waals surface area contributed by atoms with Crippen molar-refractivity contribution in [2.45, 2.75) is 50.5 Å². The number of fused-ring (bicyclic) bond motifs is 2. The van der Waals surface area contributed by atoms with Crippen LogP contribution in [0.25, 0.3) is 0 Å². The fourth-order valence-corrected chi connectivity index (χ4v) is 6.44. The van der Waals surface area contributed by atoms with E-state index < -0.39 is 0 Å². The molecule has 0 radical (unpaired) electrons. The molecule has 30 heavy (non-hydrogen) atoms. The minimum Gasteiger partial charge on any atom is -0.350 e. The van der Waals surface area contributed by atoms with Gasteiger partial charge in [-0.15, -0.1) is 0 Å². The molecule has 0 bridgehead atoms. The molecule has 1 aromatic rings. The molecule has 2 amide bonds. The van der Waals surface area contributed by atoms with Crippen LogP contribution in [-0.4, -0.2) is 59.9 Å². The summed E-state index contributed by atoms with van der Waals surface area (Å²) in [6.07, 6.45) is 3.54. The Labute approximate surface area is 184 Å². The van der Waals surface area contributed by atoms with Crippen molar-refractivity contribution < 1.29 is 9.59 Å². The first-order chi connectivity index (χ1) is 14.3. The molecule has 4 aliphatic rings. The van der Waals surface area contributed by atoms with E-state index in [0.29, 0.717) is 16.9 Å². The molecule has 162 valence electrons. The zero-order valence-corrected chi connectivity index (χ0v) is 18.8. The van der Waals surface area contributed by atoms with Gasteiger partial charge in [-0.3, -0.25) is 9.59 Å². The third-order valence-corrected chi connectivity index (χ3v) is 8.15. The van der Waals surface area contributed by atoms with Gasteiger partial charge in [0.1, 0.15) is 0 Å². The number of nitrogens with zero attached hydrogens (tertiary/aromatic N) is 2. The Morgan fingerprint density at radius 2 is 1.93 bits per heavy atom. The number of hydrogen-bond donors (Lipinski definition) is 1. The first-order valence-electron chi connectivity index (χ1n) is 11.4. The minimum atomic E-state index is -0.377. The lowest BCUT2D eigenvalue weighted by Crippen LogP contribution is -2.57. The van der Waals surface area contributed by atoms with Crippen molar-refractivity contribution in [3.63, 3.8) is 0 Å². The average molecular weight is 430 g/mol. The van der Waals surface area contributed by atoms with E-state index in [1.54, 1.807) is 0 Å². The summed E-state index contributed by atoms with van der Waals surface area (Å²) >= 11 is 6.19. The van der Waals surface area contributed by atoms with E-state index in [2.05, 4.69) is 24.1 Å². The Hall–Kier alpha value is -1.59. The summed E-state index contributed by atoms with van der Waals surface area (Å²) < 4.78 is 0. The molecule has 1 saturated carbocycles. The summed E-state index contributed by atoms with van der Waals surface area (Å²) in [4.78, 5) is 30.7. The van der Waals surface area contributed by atoms with Crippen molar-refractivity contribution in [1.29, 1.82) is 0 Å². The van der Waals surface area contributed by atoms with Gasteiger partial charge < -0.3 is 15.1 Å². The topological polar surface area (TPSA) is 52.7 Å². The van der Waals surface area contributed by atoms with Crippen molar-refractivity contribution in [3.8, 4) is 0 Å². The average Bonchev–Trinajstić information content (AvgIpc) is 3.35. The zero-order valence-electron chi connectivity index (χ0n) is 18.0. The monoisotopic (exact) mass is 429 g/mol. The highest BCUT2D eigenvalue weighted by Gasteiger charge is 2.59.